The maximum Gasteiger partial charge on any atom is 0.274 e. The summed E-state index contributed by atoms with van der Waals surface area (Å²) in [6.45, 7) is 1.80. The van der Waals surface area contributed by atoms with Gasteiger partial charge in [0, 0.05) is 6.04 Å². The molecule has 1 atom stereocenters. The summed E-state index contributed by atoms with van der Waals surface area (Å²) in [5.74, 6) is 0. The van der Waals surface area contributed by atoms with Crippen molar-refractivity contribution >= 4 is 27.0 Å². The highest BCUT2D eigenvalue weighted by Crippen LogP contribution is 2.36. The van der Waals surface area contributed by atoms with Crippen molar-refractivity contribution in [2.75, 3.05) is 4.31 Å². The van der Waals surface area contributed by atoms with Gasteiger partial charge < -0.3 is 5.11 Å². The van der Waals surface area contributed by atoms with E-state index in [4.69, 9.17) is 5.11 Å². The van der Waals surface area contributed by atoms with E-state index in [0.717, 1.165) is 35.4 Å². The number of hydrogen-bond acceptors (Lipinski definition) is 4. The third-order valence-electron chi connectivity index (χ3n) is 3.79. The van der Waals surface area contributed by atoms with Crippen molar-refractivity contribution in [3.05, 3.63) is 46.8 Å². The monoisotopic (exact) mass is 323 g/mol. The average Bonchev–Trinajstić information content (AvgIpc) is 2.96. The lowest BCUT2D eigenvalue weighted by atomic mass is 9.99. The fourth-order valence-corrected chi connectivity index (χ4v) is 5.70. The molecule has 0 saturated carbocycles. The van der Waals surface area contributed by atoms with E-state index in [1.165, 1.54) is 4.31 Å². The van der Waals surface area contributed by atoms with Gasteiger partial charge in [-0.15, -0.1) is 11.3 Å². The second-order valence-electron chi connectivity index (χ2n) is 5.25. The van der Waals surface area contributed by atoms with Crippen molar-refractivity contribution in [1.29, 1.82) is 0 Å². The van der Waals surface area contributed by atoms with Crippen LogP contribution in [0.25, 0.3) is 0 Å². The van der Waals surface area contributed by atoms with Gasteiger partial charge in [-0.2, -0.15) is 0 Å². The lowest BCUT2D eigenvalue weighted by Crippen LogP contribution is -2.41. The van der Waals surface area contributed by atoms with E-state index in [9.17, 15) is 8.42 Å². The number of anilines is 1. The van der Waals surface area contributed by atoms with Crippen LogP contribution in [-0.4, -0.2) is 19.6 Å². The van der Waals surface area contributed by atoms with E-state index in [2.05, 4.69) is 0 Å². The topological polar surface area (TPSA) is 57.6 Å². The van der Waals surface area contributed by atoms with Crippen molar-refractivity contribution in [3.8, 4) is 0 Å². The largest absolute Gasteiger partial charge is 0.392 e. The molecule has 4 nitrogen and oxygen atoms in total. The van der Waals surface area contributed by atoms with Crippen LogP contribution in [0.3, 0.4) is 0 Å². The molecule has 6 heteroatoms. The first-order valence-electron chi connectivity index (χ1n) is 6.84. The molecule has 112 valence electrons. The Bertz CT molecular complexity index is 752. The van der Waals surface area contributed by atoms with Crippen molar-refractivity contribution in [2.24, 2.45) is 0 Å². The Balaban J connectivity index is 2.09. The number of fused-ring (bicyclic) bond motifs is 1. The zero-order chi connectivity index (χ0) is 15.0. The number of nitrogens with zero attached hydrogens (tertiary/aromatic N) is 1. The molecule has 2 heterocycles. The first-order valence-corrected chi connectivity index (χ1v) is 9.16. The highest BCUT2D eigenvalue weighted by molar-refractivity contribution is 7.94. The van der Waals surface area contributed by atoms with Gasteiger partial charge in [0.15, 0.2) is 0 Å². The molecule has 0 fully saturated rings. The predicted octanol–water partition coefficient (Wildman–Crippen LogP) is 2.77. The van der Waals surface area contributed by atoms with Gasteiger partial charge in [-0.25, -0.2) is 8.42 Å². The first kappa shape index (κ1) is 14.6. The molecule has 0 amide bonds. The smallest absolute Gasteiger partial charge is 0.274 e. The van der Waals surface area contributed by atoms with E-state index in [1.54, 1.807) is 11.4 Å². The molecule has 1 aliphatic rings. The Kier molecular flexibility index (Phi) is 3.77. The molecule has 1 aromatic carbocycles. The second kappa shape index (κ2) is 5.44. The van der Waals surface area contributed by atoms with Crippen LogP contribution in [0.15, 0.2) is 39.9 Å². The quantitative estimate of drug-likeness (QED) is 0.945. The SMILES string of the molecule is CC1CCc2ccccc2N1S(=O)(=O)c1cc(CO)cs1. The van der Waals surface area contributed by atoms with E-state index in [1.807, 2.05) is 31.2 Å². The van der Waals surface area contributed by atoms with Crippen molar-refractivity contribution in [3.63, 3.8) is 0 Å². The Hall–Kier alpha value is -1.37. The van der Waals surface area contributed by atoms with E-state index in [0.29, 0.717) is 5.56 Å². The Morgan fingerprint density at radius 2 is 2.14 bits per heavy atom. The van der Waals surface area contributed by atoms with Gasteiger partial charge in [-0.3, -0.25) is 4.31 Å². The molecule has 0 spiro atoms. The second-order valence-corrected chi connectivity index (χ2v) is 8.20. The fourth-order valence-electron chi connectivity index (χ4n) is 2.69. The van der Waals surface area contributed by atoms with Gasteiger partial charge in [0.1, 0.15) is 4.21 Å². The fraction of sp³-hybridized carbons (Fsp3) is 0.333. The molecular weight excluding hydrogens is 306 g/mol. The summed E-state index contributed by atoms with van der Waals surface area (Å²) < 4.78 is 27.7. The predicted molar refractivity (Wildman–Crippen MR) is 84.1 cm³/mol. The van der Waals surface area contributed by atoms with E-state index < -0.39 is 10.0 Å². The third kappa shape index (κ3) is 2.47. The standard InChI is InChI=1S/C15H17NO3S2/c1-11-6-7-13-4-2-3-5-14(13)16(11)21(18,19)15-8-12(9-17)10-20-15/h2-5,8,10-11,17H,6-7,9H2,1H3. The first-order chi connectivity index (χ1) is 10.0. The number of para-hydroxylation sites is 1. The number of hydrogen-bond donors (Lipinski definition) is 1. The maximum absolute atomic E-state index is 12.9. The number of aryl methyl sites for hydroxylation is 1. The summed E-state index contributed by atoms with van der Waals surface area (Å²) in [4.78, 5) is 0. The minimum atomic E-state index is -3.57. The molecular formula is C15H17NO3S2. The van der Waals surface area contributed by atoms with Crippen LogP contribution in [0.2, 0.25) is 0 Å². The number of rotatable bonds is 3. The highest BCUT2D eigenvalue weighted by atomic mass is 32.2. The average molecular weight is 323 g/mol. The summed E-state index contributed by atoms with van der Waals surface area (Å²) in [7, 11) is -3.57. The van der Waals surface area contributed by atoms with Crippen LogP contribution >= 0.6 is 11.3 Å². The lowest BCUT2D eigenvalue weighted by molar-refractivity contribution is 0.282. The van der Waals surface area contributed by atoms with Crippen molar-refractivity contribution in [2.45, 2.75) is 36.6 Å². The van der Waals surface area contributed by atoms with Gasteiger partial charge >= 0.3 is 0 Å². The molecule has 1 N–H and O–H groups in total. The summed E-state index contributed by atoms with van der Waals surface area (Å²) in [5.41, 5.74) is 2.48. The molecule has 1 unspecified atom stereocenters. The van der Waals surface area contributed by atoms with E-state index >= 15 is 0 Å². The van der Waals surface area contributed by atoms with Crippen molar-refractivity contribution in [1.82, 2.24) is 0 Å². The third-order valence-corrected chi connectivity index (χ3v) is 7.18. The van der Waals surface area contributed by atoms with Crippen LogP contribution in [0.4, 0.5) is 5.69 Å². The molecule has 3 rings (SSSR count). The number of sulfonamides is 1. The van der Waals surface area contributed by atoms with Crippen LogP contribution in [0.1, 0.15) is 24.5 Å². The highest BCUT2D eigenvalue weighted by Gasteiger charge is 2.34. The number of aliphatic hydroxyl groups is 1. The molecule has 0 radical (unpaired) electrons. The van der Waals surface area contributed by atoms with Gasteiger partial charge in [0.25, 0.3) is 10.0 Å². The van der Waals surface area contributed by atoms with E-state index in [-0.39, 0.29) is 16.9 Å². The summed E-state index contributed by atoms with van der Waals surface area (Å²) in [6.07, 6.45) is 1.71. The summed E-state index contributed by atoms with van der Waals surface area (Å²) in [5, 5.41) is 10.8. The molecule has 1 aromatic heterocycles. The summed E-state index contributed by atoms with van der Waals surface area (Å²) in [6, 6.07) is 9.15. The zero-order valence-corrected chi connectivity index (χ0v) is 13.3. The summed E-state index contributed by atoms with van der Waals surface area (Å²) >= 11 is 1.16. The molecule has 0 bridgehead atoms. The Morgan fingerprint density at radius 3 is 2.86 bits per heavy atom. The Labute approximate surface area is 128 Å². The normalized spacial score (nSPS) is 18.6. The van der Waals surface area contributed by atoms with Crippen LogP contribution in [0, 0.1) is 0 Å². The van der Waals surface area contributed by atoms with Gasteiger partial charge in [-0.05, 0) is 48.4 Å². The Morgan fingerprint density at radius 1 is 1.38 bits per heavy atom. The lowest BCUT2D eigenvalue weighted by Gasteiger charge is -2.35. The van der Waals surface area contributed by atoms with Crippen LogP contribution in [0.5, 0.6) is 0 Å². The van der Waals surface area contributed by atoms with Crippen molar-refractivity contribution < 1.29 is 13.5 Å². The zero-order valence-electron chi connectivity index (χ0n) is 11.7. The number of thiophene rings is 1. The van der Waals surface area contributed by atoms with Gasteiger partial charge in [-0.1, -0.05) is 18.2 Å². The van der Waals surface area contributed by atoms with Crippen LogP contribution in [-0.2, 0) is 23.1 Å². The molecule has 21 heavy (non-hydrogen) atoms. The minimum absolute atomic E-state index is 0.0652. The molecule has 0 aliphatic carbocycles. The molecule has 1 aliphatic heterocycles. The molecule has 2 aromatic rings. The van der Waals surface area contributed by atoms with Crippen LogP contribution < -0.4 is 4.31 Å². The maximum atomic E-state index is 12.9. The van der Waals surface area contributed by atoms with Gasteiger partial charge in [0.2, 0.25) is 0 Å². The minimum Gasteiger partial charge on any atom is -0.392 e. The number of aliphatic hydroxyl groups excluding tert-OH is 1. The molecule has 0 saturated heterocycles. The number of benzene rings is 1. The van der Waals surface area contributed by atoms with Gasteiger partial charge in [0.05, 0.1) is 12.3 Å².